The molecule has 2 rings (SSSR count). The topological polar surface area (TPSA) is 21.8 Å². The first kappa shape index (κ1) is 14.4. The van der Waals surface area contributed by atoms with Crippen molar-refractivity contribution in [2.75, 3.05) is 6.61 Å². The van der Waals surface area contributed by atoms with E-state index in [1.807, 2.05) is 30.3 Å². The number of unbranched alkanes of at least 4 members (excludes halogenated alkanes) is 1. The van der Waals surface area contributed by atoms with E-state index in [1.165, 1.54) is 32.1 Å². The Morgan fingerprint density at radius 1 is 1.16 bits per heavy atom. The van der Waals surface area contributed by atoms with Crippen LogP contribution in [0.1, 0.15) is 46.0 Å². The Hall–Kier alpha value is -1.02. The molecule has 0 aromatic heterocycles. The van der Waals surface area contributed by atoms with Crippen molar-refractivity contribution in [1.82, 2.24) is 0 Å². The lowest BCUT2D eigenvalue weighted by atomic mass is 9.89. The lowest BCUT2D eigenvalue weighted by Crippen LogP contribution is -2.32. The molecule has 1 saturated heterocycles. The van der Waals surface area contributed by atoms with Gasteiger partial charge in [-0.1, -0.05) is 51.3 Å². The van der Waals surface area contributed by atoms with Gasteiger partial charge in [0.1, 0.15) is 18.0 Å². The minimum absolute atomic E-state index is 0.230. The Morgan fingerprint density at radius 3 is 2.47 bits per heavy atom. The second kappa shape index (κ2) is 7.54. The van der Waals surface area contributed by atoms with E-state index in [9.17, 15) is 0 Å². The van der Waals surface area contributed by atoms with E-state index in [-0.39, 0.29) is 6.10 Å². The van der Waals surface area contributed by atoms with Crippen LogP contribution in [0.3, 0.4) is 0 Å². The van der Waals surface area contributed by atoms with Crippen LogP contribution in [0.5, 0.6) is 5.75 Å². The van der Waals surface area contributed by atoms with Crippen molar-refractivity contribution in [3.05, 3.63) is 30.3 Å². The maximum atomic E-state index is 6.23. The highest BCUT2D eigenvalue weighted by Crippen LogP contribution is 2.31. The van der Waals surface area contributed by atoms with Crippen molar-refractivity contribution in [1.29, 1.82) is 0 Å². The Kier molecular flexibility index (Phi) is 5.71. The fraction of sp³-hybridized carbons (Fsp3) is 0.647. The minimum atomic E-state index is 0.230. The highest BCUT2D eigenvalue weighted by Gasteiger charge is 2.39. The first-order chi connectivity index (χ1) is 9.35. The van der Waals surface area contributed by atoms with Gasteiger partial charge in [0.2, 0.25) is 0 Å². The minimum Gasteiger partial charge on any atom is -0.487 e. The third kappa shape index (κ3) is 4.54. The number of ether oxygens (including phenoxy) is 2. The molecule has 3 unspecified atom stereocenters. The normalized spacial score (nSPS) is 20.8. The molecule has 1 aliphatic heterocycles. The van der Waals surface area contributed by atoms with E-state index in [4.69, 9.17) is 9.47 Å². The average molecular weight is 262 g/mol. The molecule has 0 aliphatic carbocycles. The van der Waals surface area contributed by atoms with Crippen LogP contribution >= 0.6 is 0 Å². The summed E-state index contributed by atoms with van der Waals surface area (Å²) >= 11 is 0. The fourth-order valence-electron chi connectivity index (χ4n) is 2.69. The molecule has 106 valence electrons. The lowest BCUT2D eigenvalue weighted by molar-refractivity contribution is 0.0890. The number of para-hydroxylation sites is 1. The Morgan fingerprint density at radius 2 is 1.89 bits per heavy atom. The van der Waals surface area contributed by atoms with Crippen molar-refractivity contribution in [2.24, 2.45) is 5.92 Å². The number of benzene rings is 1. The Balaban J connectivity index is 2.00. The summed E-state index contributed by atoms with van der Waals surface area (Å²) in [7, 11) is 0. The van der Waals surface area contributed by atoms with Gasteiger partial charge in [-0.05, 0) is 30.9 Å². The monoisotopic (exact) mass is 262 g/mol. The van der Waals surface area contributed by atoms with E-state index in [0.29, 0.717) is 12.0 Å². The summed E-state index contributed by atoms with van der Waals surface area (Å²) in [6.07, 6.45) is 6.78. The fourth-order valence-corrected chi connectivity index (χ4v) is 2.69. The summed E-state index contributed by atoms with van der Waals surface area (Å²) in [4.78, 5) is 0. The molecule has 0 N–H and O–H groups in total. The van der Waals surface area contributed by atoms with Crippen molar-refractivity contribution < 1.29 is 9.47 Å². The molecule has 3 atom stereocenters. The van der Waals surface area contributed by atoms with E-state index in [1.54, 1.807) is 0 Å². The maximum absolute atomic E-state index is 6.23. The third-order valence-corrected chi connectivity index (χ3v) is 3.79. The van der Waals surface area contributed by atoms with Gasteiger partial charge in [0, 0.05) is 0 Å². The van der Waals surface area contributed by atoms with Gasteiger partial charge in [0.05, 0.1) is 6.61 Å². The summed E-state index contributed by atoms with van der Waals surface area (Å²) in [6.45, 7) is 5.37. The van der Waals surface area contributed by atoms with Gasteiger partial charge in [-0.15, -0.1) is 0 Å². The Labute approximate surface area is 117 Å². The molecule has 0 spiro atoms. The SMILES string of the molecule is CCCCC(CCC)C(Oc1ccccc1)C1CO1. The third-order valence-electron chi connectivity index (χ3n) is 3.79. The average Bonchev–Trinajstić information content (AvgIpc) is 3.27. The zero-order valence-electron chi connectivity index (χ0n) is 12.2. The van der Waals surface area contributed by atoms with Crippen LogP contribution in [-0.4, -0.2) is 18.8 Å². The van der Waals surface area contributed by atoms with Gasteiger partial charge in [0.25, 0.3) is 0 Å². The van der Waals surface area contributed by atoms with E-state index in [2.05, 4.69) is 13.8 Å². The molecule has 1 fully saturated rings. The lowest BCUT2D eigenvalue weighted by Gasteiger charge is -2.26. The van der Waals surface area contributed by atoms with E-state index >= 15 is 0 Å². The zero-order chi connectivity index (χ0) is 13.5. The van der Waals surface area contributed by atoms with Crippen LogP contribution in [0.4, 0.5) is 0 Å². The predicted molar refractivity (Wildman–Crippen MR) is 78.5 cm³/mol. The number of hydrogen-bond donors (Lipinski definition) is 0. The second-order valence-corrected chi connectivity index (χ2v) is 5.46. The molecule has 0 radical (unpaired) electrons. The molecular formula is C17H26O2. The molecule has 1 aromatic rings. The van der Waals surface area contributed by atoms with Gasteiger partial charge in [-0.2, -0.15) is 0 Å². The molecule has 0 bridgehead atoms. The van der Waals surface area contributed by atoms with Crippen LogP contribution in [0, 0.1) is 5.92 Å². The molecule has 19 heavy (non-hydrogen) atoms. The molecule has 1 heterocycles. The first-order valence-electron chi connectivity index (χ1n) is 7.68. The number of rotatable bonds is 9. The molecule has 1 aliphatic rings. The smallest absolute Gasteiger partial charge is 0.130 e. The zero-order valence-corrected chi connectivity index (χ0v) is 12.2. The molecular weight excluding hydrogens is 236 g/mol. The van der Waals surface area contributed by atoms with Crippen molar-refractivity contribution in [3.63, 3.8) is 0 Å². The molecule has 0 amide bonds. The first-order valence-corrected chi connectivity index (χ1v) is 7.68. The molecule has 1 aromatic carbocycles. The number of epoxide rings is 1. The van der Waals surface area contributed by atoms with Gasteiger partial charge in [-0.25, -0.2) is 0 Å². The van der Waals surface area contributed by atoms with E-state index < -0.39 is 0 Å². The predicted octanol–water partition coefficient (Wildman–Crippen LogP) is 4.44. The highest BCUT2D eigenvalue weighted by molar-refractivity contribution is 5.21. The summed E-state index contributed by atoms with van der Waals surface area (Å²) in [5, 5.41) is 0. The van der Waals surface area contributed by atoms with Gasteiger partial charge >= 0.3 is 0 Å². The maximum Gasteiger partial charge on any atom is 0.130 e. The number of hydrogen-bond acceptors (Lipinski definition) is 2. The van der Waals surface area contributed by atoms with Gasteiger partial charge in [-0.3, -0.25) is 0 Å². The van der Waals surface area contributed by atoms with Gasteiger partial charge < -0.3 is 9.47 Å². The largest absolute Gasteiger partial charge is 0.487 e. The molecule has 0 saturated carbocycles. The molecule has 2 nitrogen and oxygen atoms in total. The van der Waals surface area contributed by atoms with E-state index in [0.717, 1.165) is 12.4 Å². The second-order valence-electron chi connectivity index (χ2n) is 5.46. The summed E-state index contributed by atoms with van der Waals surface area (Å²) in [6, 6.07) is 10.2. The van der Waals surface area contributed by atoms with Crippen molar-refractivity contribution in [2.45, 2.75) is 58.2 Å². The van der Waals surface area contributed by atoms with Crippen LogP contribution in [0.2, 0.25) is 0 Å². The standard InChI is InChI=1S/C17H26O2/c1-3-5-10-14(9-4-2)17(16-13-18-16)19-15-11-7-6-8-12-15/h6-8,11-12,14,16-17H,3-5,9-10,13H2,1-2H3. The van der Waals surface area contributed by atoms with Crippen molar-refractivity contribution in [3.8, 4) is 5.75 Å². The summed E-state index contributed by atoms with van der Waals surface area (Å²) < 4.78 is 11.8. The van der Waals surface area contributed by atoms with Gasteiger partial charge in [0.15, 0.2) is 0 Å². The molecule has 2 heteroatoms. The Bertz CT molecular complexity index is 346. The van der Waals surface area contributed by atoms with Crippen LogP contribution < -0.4 is 4.74 Å². The highest BCUT2D eigenvalue weighted by atomic mass is 16.6. The van der Waals surface area contributed by atoms with Crippen molar-refractivity contribution >= 4 is 0 Å². The van der Waals surface area contributed by atoms with Crippen LogP contribution in [-0.2, 0) is 4.74 Å². The summed E-state index contributed by atoms with van der Waals surface area (Å²) in [5.74, 6) is 1.60. The van der Waals surface area contributed by atoms with Crippen LogP contribution in [0.15, 0.2) is 30.3 Å². The summed E-state index contributed by atoms with van der Waals surface area (Å²) in [5.41, 5.74) is 0. The quantitative estimate of drug-likeness (QED) is 0.614. The van der Waals surface area contributed by atoms with Crippen LogP contribution in [0.25, 0.3) is 0 Å².